The lowest BCUT2D eigenvalue weighted by atomic mass is 10.4. The summed E-state index contributed by atoms with van der Waals surface area (Å²) in [6, 6.07) is 1.66. The van der Waals surface area contributed by atoms with Crippen molar-refractivity contribution in [2.45, 2.75) is 12.2 Å². The number of aromatic nitrogens is 2. The molecule has 1 saturated heterocycles. The summed E-state index contributed by atoms with van der Waals surface area (Å²) < 4.78 is 4.96. The molecule has 10 heteroatoms. The Morgan fingerprint density at radius 3 is 2.95 bits per heavy atom. The van der Waals surface area contributed by atoms with Crippen molar-refractivity contribution in [3.63, 3.8) is 0 Å². The van der Waals surface area contributed by atoms with Crippen molar-refractivity contribution in [2.75, 3.05) is 18.3 Å². The van der Waals surface area contributed by atoms with Crippen molar-refractivity contribution >= 4 is 51.9 Å². The minimum Gasteiger partial charge on any atom is -0.468 e. The maximum absolute atomic E-state index is 11.5. The zero-order chi connectivity index (χ0) is 14.9. The van der Waals surface area contributed by atoms with Gasteiger partial charge in [0.1, 0.15) is 5.84 Å². The van der Waals surface area contributed by atoms with Crippen LogP contribution < -0.4 is 11.2 Å². The molecule has 1 atom stereocenters. The number of thiocarbonyl (C=S) groups is 1. The number of aryl methyl sites for hydroxylation is 1. The van der Waals surface area contributed by atoms with E-state index in [4.69, 9.17) is 23.4 Å². The molecule has 20 heavy (non-hydrogen) atoms. The van der Waals surface area contributed by atoms with Crippen molar-refractivity contribution in [2.24, 2.45) is 0 Å². The van der Waals surface area contributed by atoms with Crippen molar-refractivity contribution in [3.05, 3.63) is 11.8 Å². The van der Waals surface area contributed by atoms with Gasteiger partial charge in [0.2, 0.25) is 5.95 Å². The molecule has 0 aromatic carbocycles. The van der Waals surface area contributed by atoms with Crippen molar-refractivity contribution in [1.82, 2.24) is 15.0 Å². The Morgan fingerprint density at radius 1 is 1.65 bits per heavy atom. The number of nitrogens with zero attached hydrogens (tertiary/aromatic N) is 3. The van der Waals surface area contributed by atoms with Crippen LogP contribution in [0.15, 0.2) is 6.07 Å². The number of nitrogens with two attached hydrogens (primary N) is 1. The number of nitrogen functional groups attached to an aromatic ring is 1. The first-order valence-corrected chi connectivity index (χ1v) is 6.76. The Balaban J connectivity index is 2.19. The molecular weight excluding hydrogens is 300 g/mol. The van der Waals surface area contributed by atoms with Gasteiger partial charge >= 0.3 is 5.97 Å². The van der Waals surface area contributed by atoms with Crippen LogP contribution in [0, 0.1) is 12.3 Å². The van der Waals surface area contributed by atoms with Gasteiger partial charge in [-0.2, -0.15) is 4.98 Å². The number of rotatable bonds is 3. The Labute approximate surface area is 124 Å². The monoisotopic (exact) mass is 312 g/mol. The number of methoxy groups -OCH3 is 1. The number of thioether (sulfide) groups is 1. The van der Waals surface area contributed by atoms with Gasteiger partial charge in [0.05, 0.1) is 7.11 Å². The fourth-order valence-corrected chi connectivity index (χ4v) is 2.85. The minimum atomic E-state index is -0.778. The summed E-state index contributed by atoms with van der Waals surface area (Å²) in [5.74, 6) is -0.0266. The van der Waals surface area contributed by atoms with E-state index in [1.54, 1.807) is 13.0 Å². The third-order valence-corrected chi connectivity index (χ3v) is 3.91. The Hall–Kier alpha value is -1.94. The molecule has 2 heterocycles. The normalized spacial score (nSPS) is 18.3. The number of nitrogens with one attached hydrogen (secondary N) is 2. The molecule has 1 fully saturated rings. The predicted octanol–water partition coefficient (Wildman–Crippen LogP) is 0.547. The summed E-state index contributed by atoms with van der Waals surface area (Å²) in [6.07, 6.45) is 0. The zero-order valence-corrected chi connectivity index (χ0v) is 12.3. The first-order chi connectivity index (χ1) is 9.42. The van der Waals surface area contributed by atoms with Crippen LogP contribution in [-0.4, -0.2) is 43.5 Å². The molecule has 0 amide bonds. The van der Waals surface area contributed by atoms with Crippen LogP contribution in [0.2, 0.25) is 0 Å². The summed E-state index contributed by atoms with van der Waals surface area (Å²) >= 11 is 6.19. The molecule has 1 aliphatic rings. The van der Waals surface area contributed by atoms with Gasteiger partial charge in [-0.25, -0.2) is 9.99 Å². The third-order valence-electron chi connectivity index (χ3n) is 2.40. The van der Waals surface area contributed by atoms with Crippen LogP contribution in [0.4, 0.5) is 11.8 Å². The van der Waals surface area contributed by atoms with Gasteiger partial charge in [-0.1, -0.05) is 24.0 Å². The highest BCUT2D eigenvalue weighted by molar-refractivity contribution is 8.24. The van der Waals surface area contributed by atoms with Gasteiger partial charge in [-0.05, 0) is 6.92 Å². The highest BCUT2D eigenvalue weighted by atomic mass is 32.2. The Bertz CT molecular complexity index is 573. The van der Waals surface area contributed by atoms with Gasteiger partial charge in [-0.3, -0.25) is 15.6 Å². The summed E-state index contributed by atoms with van der Waals surface area (Å²) in [5.41, 5.74) is 9.07. The second kappa shape index (κ2) is 5.59. The third kappa shape index (κ3) is 2.80. The molecule has 0 aliphatic carbocycles. The topological polar surface area (TPSA) is 117 Å². The fourth-order valence-electron chi connectivity index (χ4n) is 1.56. The molecule has 106 valence electrons. The zero-order valence-electron chi connectivity index (χ0n) is 10.7. The van der Waals surface area contributed by atoms with Crippen molar-refractivity contribution < 1.29 is 9.53 Å². The lowest BCUT2D eigenvalue weighted by Crippen LogP contribution is -2.38. The molecular formula is C10H12N6O2S2. The van der Waals surface area contributed by atoms with E-state index >= 15 is 0 Å². The summed E-state index contributed by atoms with van der Waals surface area (Å²) in [5, 5.41) is 8.48. The molecule has 2 rings (SSSR count). The van der Waals surface area contributed by atoms with Crippen LogP contribution in [0.25, 0.3) is 0 Å². The average molecular weight is 312 g/mol. The van der Waals surface area contributed by atoms with E-state index in [2.05, 4.69) is 20.1 Å². The molecule has 0 saturated carbocycles. The first kappa shape index (κ1) is 14.5. The fraction of sp³-hybridized carbons (Fsp3) is 0.300. The number of hydrogen-bond donors (Lipinski definition) is 3. The highest BCUT2D eigenvalue weighted by Crippen LogP contribution is 2.28. The molecule has 4 N–H and O–H groups in total. The van der Waals surface area contributed by atoms with Gasteiger partial charge in [0.25, 0.3) is 0 Å². The summed E-state index contributed by atoms with van der Waals surface area (Å²) in [7, 11) is 1.27. The maximum atomic E-state index is 11.5. The molecule has 0 radical (unpaired) electrons. The standard InChI is InChI=1S/C10H12N6O2S2/c1-4-3-5(14-9(12)13-4)15-16-7(11)6(8(17)18-2)20-10(16)19/h3,6,11H,1-2H3,(H3,12,13,14,15). The van der Waals surface area contributed by atoms with E-state index in [1.165, 1.54) is 12.1 Å². The summed E-state index contributed by atoms with van der Waals surface area (Å²) in [6.45, 7) is 1.77. The molecule has 0 spiro atoms. The first-order valence-electron chi connectivity index (χ1n) is 5.47. The van der Waals surface area contributed by atoms with Crippen LogP contribution >= 0.6 is 24.0 Å². The lowest BCUT2D eigenvalue weighted by Gasteiger charge is -2.19. The molecule has 1 aromatic rings. The molecule has 1 aromatic heterocycles. The highest BCUT2D eigenvalue weighted by Gasteiger charge is 2.40. The van der Waals surface area contributed by atoms with Gasteiger partial charge in [0, 0.05) is 11.8 Å². The second-order valence-electron chi connectivity index (χ2n) is 3.87. The van der Waals surface area contributed by atoms with E-state index in [-0.39, 0.29) is 11.8 Å². The molecule has 0 bridgehead atoms. The predicted molar refractivity (Wildman–Crippen MR) is 80.4 cm³/mol. The van der Waals surface area contributed by atoms with Crippen LogP contribution in [0.1, 0.15) is 5.69 Å². The van der Waals surface area contributed by atoms with Crippen molar-refractivity contribution in [3.8, 4) is 0 Å². The smallest absolute Gasteiger partial charge is 0.327 e. The van der Waals surface area contributed by atoms with Crippen molar-refractivity contribution in [1.29, 1.82) is 5.41 Å². The summed E-state index contributed by atoms with van der Waals surface area (Å²) in [4.78, 5) is 19.5. The SMILES string of the molecule is COC(=O)C1SC(=S)N(Nc2cc(C)nc(N)n2)C1=N. The Morgan fingerprint density at radius 2 is 2.35 bits per heavy atom. The number of amidine groups is 1. The number of anilines is 2. The molecule has 1 unspecified atom stereocenters. The number of esters is 1. The van der Waals surface area contributed by atoms with E-state index in [1.807, 2.05) is 0 Å². The van der Waals surface area contributed by atoms with E-state index < -0.39 is 11.2 Å². The van der Waals surface area contributed by atoms with E-state index in [0.29, 0.717) is 15.8 Å². The average Bonchev–Trinajstić information content (AvgIpc) is 2.65. The van der Waals surface area contributed by atoms with E-state index in [0.717, 1.165) is 11.8 Å². The van der Waals surface area contributed by atoms with Crippen LogP contribution in [0.5, 0.6) is 0 Å². The number of carbonyl (C=O) groups excluding carboxylic acids is 1. The van der Waals surface area contributed by atoms with Gasteiger partial charge in [-0.15, -0.1) is 0 Å². The minimum absolute atomic E-state index is 0.0123. The molecule has 1 aliphatic heterocycles. The maximum Gasteiger partial charge on any atom is 0.327 e. The number of hydrazine groups is 1. The lowest BCUT2D eigenvalue weighted by molar-refractivity contribution is -0.138. The molecule has 8 nitrogen and oxygen atoms in total. The van der Waals surface area contributed by atoms with E-state index in [9.17, 15) is 4.79 Å². The van der Waals surface area contributed by atoms with Gasteiger partial charge < -0.3 is 10.5 Å². The second-order valence-corrected chi connectivity index (χ2v) is 5.61. The number of hydrogen-bond acceptors (Lipinski definition) is 9. The Kier molecular flexibility index (Phi) is 4.04. The van der Waals surface area contributed by atoms with Crippen LogP contribution in [0.3, 0.4) is 0 Å². The number of carbonyl (C=O) groups is 1. The quantitative estimate of drug-likeness (QED) is 0.543. The largest absolute Gasteiger partial charge is 0.468 e. The number of ether oxygens (including phenoxy) is 1. The van der Waals surface area contributed by atoms with Gasteiger partial charge in [0.15, 0.2) is 15.4 Å². The van der Waals surface area contributed by atoms with Crippen LogP contribution in [-0.2, 0) is 9.53 Å².